The summed E-state index contributed by atoms with van der Waals surface area (Å²) in [5, 5.41) is 6.84. The molecule has 36 heavy (non-hydrogen) atoms. The van der Waals surface area contributed by atoms with Crippen LogP contribution in [0.3, 0.4) is 0 Å². The Bertz CT molecular complexity index is 1350. The molecular weight excluding hydrogens is 482 g/mol. The van der Waals surface area contributed by atoms with Gasteiger partial charge in [-0.1, -0.05) is 12.1 Å². The Morgan fingerprint density at radius 1 is 1.22 bits per heavy atom. The third-order valence-electron chi connectivity index (χ3n) is 6.24. The molecule has 12 heteroatoms. The van der Waals surface area contributed by atoms with Crippen LogP contribution in [0.4, 0.5) is 23.4 Å². The third-order valence-corrected chi connectivity index (χ3v) is 6.24. The highest BCUT2D eigenvalue weighted by molar-refractivity contribution is 6.03. The number of aromatic nitrogens is 2. The van der Waals surface area contributed by atoms with Crippen molar-refractivity contribution in [1.29, 1.82) is 0 Å². The Kier molecular flexibility index (Phi) is 6.37. The lowest BCUT2D eigenvalue weighted by Gasteiger charge is -2.17. The average molecular weight is 505 g/mol. The summed E-state index contributed by atoms with van der Waals surface area (Å²) in [5.41, 5.74) is 12.9. The first-order valence-corrected chi connectivity index (χ1v) is 10.9. The fourth-order valence-electron chi connectivity index (χ4n) is 4.33. The highest BCUT2D eigenvalue weighted by atomic mass is 19.4. The summed E-state index contributed by atoms with van der Waals surface area (Å²) in [4.78, 5) is 24.9. The molecule has 1 unspecified atom stereocenters. The molecule has 0 saturated heterocycles. The number of nitrogens with zero attached hydrogens (tertiary/aromatic N) is 2. The molecule has 8 nitrogen and oxygen atoms in total. The number of carbonyl (C=O) groups is 2. The molecule has 1 aliphatic rings. The van der Waals surface area contributed by atoms with Crippen molar-refractivity contribution in [3.05, 3.63) is 64.5 Å². The van der Waals surface area contributed by atoms with Crippen LogP contribution in [0.1, 0.15) is 57.3 Å². The van der Waals surface area contributed by atoms with E-state index in [9.17, 15) is 27.2 Å². The van der Waals surface area contributed by atoms with E-state index in [1.807, 2.05) is 0 Å². The Hall–Kier alpha value is -4.09. The largest absolute Gasteiger partial charge is 0.496 e. The summed E-state index contributed by atoms with van der Waals surface area (Å²) < 4.78 is 59.2. The quantitative estimate of drug-likeness (QED) is 0.438. The van der Waals surface area contributed by atoms with Crippen LogP contribution in [0.25, 0.3) is 11.3 Å². The number of ether oxygens (including phenoxy) is 1. The van der Waals surface area contributed by atoms with Gasteiger partial charge in [-0.05, 0) is 55.2 Å². The predicted molar refractivity (Wildman–Crippen MR) is 123 cm³/mol. The van der Waals surface area contributed by atoms with Gasteiger partial charge in [-0.2, -0.15) is 18.3 Å². The second-order valence-electron chi connectivity index (χ2n) is 8.46. The van der Waals surface area contributed by atoms with Crippen molar-refractivity contribution in [1.82, 2.24) is 15.1 Å². The maximum absolute atomic E-state index is 13.7. The molecule has 5 N–H and O–H groups in total. The van der Waals surface area contributed by atoms with E-state index < -0.39 is 41.7 Å². The summed E-state index contributed by atoms with van der Waals surface area (Å²) in [6.07, 6.45) is -3.57. The van der Waals surface area contributed by atoms with Gasteiger partial charge in [0.1, 0.15) is 34.7 Å². The molecule has 0 radical (unpaired) electrons. The van der Waals surface area contributed by atoms with Crippen LogP contribution < -0.4 is 21.5 Å². The Morgan fingerprint density at radius 3 is 2.58 bits per heavy atom. The monoisotopic (exact) mass is 505 g/mol. The van der Waals surface area contributed by atoms with Crippen molar-refractivity contribution in [3.8, 4) is 17.0 Å². The number of primary amides is 1. The number of rotatable bonds is 6. The molecule has 2 atom stereocenters. The predicted octanol–water partition coefficient (Wildman–Crippen LogP) is 3.92. The van der Waals surface area contributed by atoms with Crippen LogP contribution >= 0.6 is 0 Å². The number of nitrogen functional groups attached to an aromatic ring is 1. The maximum atomic E-state index is 13.7. The van der Waals surface area contributed by atoms with E-state index in [0.717, 1.165) is 24.1 Å². The first-order valence-electron chi connectivity index (χ1n) is 10.9. The number of amides is 2. The number of benzene rings is 2. The van der Waals surface area contributed by atoms with Gasteiger partial charge < -0.3 is 21.5 Å². The minimum absolute atomic E-state index is 0.0495. The number of fused-ring (bicyclic) bond motifs is 1. The van der Waals surface area contributed by atoms with Gasteiger partial charge in [0.15, 0.2) is 0 Å². The number of halogens is 4. The molecule has 2 aromatic carbocycles. The van der Waals surface area contributed by atoms with Crippen molar-refractivity contribution in [2.24, 2.45) is 5.73 Å². The van der Waals surface area contributed by atoms with Gasteiger partial charge in [-0.25, -0.2) is 9.07 Å². The molecule has 1 aromatic heterocycles. The highest BCUT2D eigenvalue weighted by Gasteiger charge is 2.40. The van der Waals surface area contributed by atoms with E-state index in [4.69, 9.17) is 16.2 Å². The molecule has 0 spiro atoms. The standard InChI is InChI=1S/C24H23F4N5O3/c1-11(24(26,27)28)33-21(29)19(22(30)34)20(32-33)13-3-6-15-12(9-13)4-7-17(15)31-23(35)16-10-14(25)5-8-18(16)36-2/h3,5-6,8-11,17H,4,7,29H2,1-2H3,(H2,30,34)(H,31,35)/t11?,17-/m1/s1. The molecule has 2 amide bonds. The summed E-state index contributed by atoms with van der Waals surface area (Å²) >= 11 is 0. The van der Waals surface area contributed by atoms with Crippen LogP contribution in [0.2, 0.25) is 0 Å². The van der Waals surface area contributed by atoms with Crippen LogP contribution in [0.5, 0.6) is 5.75 Å². The van der Waals surface area contributed by atoms with Crippen LogP contribution in [-0.2, 0) is 6.42 Å². The number of alkyl halides is 3. The number of aryl methyl sites for hydroxylation is 1. The number of nitrogens with two attached hydrogens (primary N) is 2. The molecule has 0 saturated carbocycles. The van der Waals surface area contributed by atoms with E-state index >= 15 is 0 Å². The number of nitrogens with one attached hydrogen (secondary N) is 1. The first kappa shape index (κ1) is 25.0. The summed E-state index contributed by atoms with van der Waals surface area (Å²) in [5.74, 6) is -2.35. The molecule has 0 aliphatic heterocycles. The SMILES string of the molecule is COc1ccc(F)cc1C(=O)N[C@@H]1CCc2cc(-c3nn(C(C)C(F)(F)F)c(N)c3C(N)=O)ccc21. The van der Waals surface area contributed by atoms with Crippen molar-refractivity contribution < 1.29 is 31.9 Å². The number of hydrogen-bond acceptors (Lipinski definition) is 5. The Balaban J connectivity index is 1.65. The summed E-state index contributed by atoms with van der Waals surface area (Å²) in [6.45, 7) is 0.876. The number of methoxy groups -OCH3 is 1. The molecule has 0 fully saturated rings. The van der Waals surface area contributed by atoms with Gasteiger partial charge in [0.2, 0.25) is 0 Å². The summed E-state index contributed by atoms with van der Waals surface area (Å²) in [6, 6.07) is 6.12. The minimum atomic E-state index is -4.64. The Labute approximate surface area is 203 Å². The highest BCUT2D eigenvalue weighted by Crippen LogP contribution is 2.38. The van der Waals surface area contributed by atoms with E-state index in [0.29, 0.717) is 23.1 Å². The van der Waals surface area contributed by atoms with E-state index in [1.165, 1.54) is 19.2 Å². The van der Waals surface area contributed by atoms with Crippen LogP contribution in [-0.4, -0.2) is 34.9 Å². The molecule has 0 bridgehead atoms. The smallest absolute Gasteiger partial charge is 0.410 e. The van der Waals surface area contributed by atoms with Crippen molar-refractivity contribution in [3.63, 3.8) is 0 Å². The zero-order chi connectivity index (χ0) is 26.4. The molecule has 1 heterocycles. The van der Waals surface area contributed by atoms with Crippen molar-refractivity contribution in [2.45, 2.75) is 38.0 Å². The van der Waals surface area contributed by atoms with E-state index in [1.54, 1.807) is 18.2 Å². The van der Waals surface area contributed by atoms with Crippen LogP contribution in [0, 0.1) is 5.82 Å². The van der Waals surface area contributed by atoms with E-state index in [2.05, 4.69) is 10.4 Å². The zero-order valence-electron chi connectivity index (χ0n) is 19.3. The van der Waals surface area contributed by atoms with E-state index in [-0.39, 0.29) is 22.6 Å². The van der Waals surface area contributed by atoms with Gasteiger partial charge >= 0.3 is 6.18 Å². The topological polar surface area (TPSA) is 125 Å². The lowest BCUT2D eigenvalue weighted by atomic mass is 10.0. The number of carbonyl (C=O) groups excluding carboxylic acids is 2. The molecule has 4 rings (SSSR count). The normalized spacial score (nSPS) is 15.9. The fraction of sp³-hybridized carbons (Fsp3) is 0.292. The fourth-order valence-corrected chi connectivity index (χ4v) is 4.33. The lowest BCUT2D eigenvalue weighted by molar-refractivity contribution is -0.164. The maximum Gasteiger partial charge on any atom is 0.410 e. The van der Waals surface area contributed by atoms with Gasteiger partial charge in [0.05, 0.1) is 18.7 Å². The zero-order valence-corrected chi connectivity index (χ0v) is 19.3. The van der Waals surface area contributed by atoms with Gasteiger partial charge in [0, 0.05) is 5.56 Å². The van der Waals surface area contributed by atoms with Crippen LogP contribution in [0.15, 0.2) is 36.4 Å². The Morgan fingerprint density at radius 2 is 1.94 bits per heavy atom. The van der Waals surface area contributed by atoms with Gasteiger partial charge in [-0.3, -0.25) is 9.59 Å². The molecular formula is C24H23F4N5O3. The summed E-state index contributed by atoms with van der Waals surface area (Å²) in [7, 11) is 1.38. The third kappa shape index (κ3) is 4.45. The second-order valence-corrected chi connectivity index (χ2v) is 8.46. The van der Waals surface area contributed by atoms with Gasteiger partial charge in [-0.15, -0.1) is 0 Å². The number of anilines is 1. The van der Waals surface area contributed by atoms with Crippen molar-refractivity contribution in [2.75, 3.05) is 12.8 Å². The molecule has 3 aromatic rings. The van der Waals surface area contributed by atoms with Gasteiger partial charge in [0.25, 0.3) is 11.8 Å². The van der Waals surface area contributed by atoms with Crippen molar-refractivity contribution >= 4 is 17.6 Å². The first-order chi connectivity index (χ1) is 16.9. The lowest BCUT2D eigenvalue weighted by Crippen LogP contribution is -2.27. The minimum Gasteiger partial charge on any atom is -0.496 e. The average Bonchev–Trinajstić information content (AvgIpc) is 3.38. The molecule has 1 aliphatic carbocycles. The number of hydrogen-bond donors (Lipinski definition) is 3. The molecule has 190 valence electrons. The second kappa shape index (κ2) is 9.17.